The van der Waals surface area contributed by atoms with E-state index in [0.29, 0.717) is 13.1 Å². The standard InChI is InChI=1S/C8H20N2O4S/c1-4-10(5-2)15(12,13)9-6-8(11)7-14-3/h8-9,11H,4-7H2,1-3H3. The van der Waals surface area contributed by atoms with Gasteiger partial charge in [0.1, 0.15) is 0 Å². The van der Waals surface area contributed by atoms with E-state index < -0.39 is 16.3 Å². The van der Waals surface area contributed by atoms with Crippen molar-refractivity contribution in [2.45, 2.75) is 20.0 Å². The molecule has 0 spiro atoms. The SMILES string of the molecule is CCN(CC)S(=O)(=O)NCC(O)COC. The molecular formula is C8H20N2O4S. The lowest BCUT2D eigenvalue weighted by Gasteiger charge is -2.19. The average Bonchev–Trinajstić information content (AvgIpc) is 2.17. The minimum absolute atomic E-state index is 0.0350. The van der Waals surface area contributed by atoms with Crippen LogP contribution in [0.5, 0.6) is 0 Å². The van der Waals surface area contributed by atoms with Crippen LogP contribution in [0.3, 0.4) is 0 Å². The van der Waals surface area contributed by atoms with Gasteiger partial charge in [-0.15, -0.1) is 0 Å². The second-order valence-electron chi connectivity index (χ2n) is 3.05. The molecule has 0 aliphatic heterocycles. The number of hydrogen-bond acceptors (Lipinski definition) is 4. The number of nitrogens with one attached hydrogen (secondary N) is 1. The first kappa shape index (κ1) is 14.8. The Morgan fingerprint density at radius 2 is 1.93 bits per heavy atom. The van der Waals surface area contributed by atoms with Crippen LogP contribution in [0.15, 0.2) is 0 Å². The van der Waals surface area contributed by atoms with Gasteiger partial charge in [-0.05, 0) is 0 Å². The first-order chi connectivity index (χ1) is 6.97. The minimum atomic E-state index is -3.47. The van der Waals surface area contributed by atoms with E-state index in [-0.39, 0.29) is 13.2 Å². The van der Waals surface area contributed by atoms with Crippen LogP contribution in [0.2, 0.25) is 0 Å². The van der Waals surface area contributed by atoms with E-state index in [4.69, 9.17) is 0 Å². The summed E-state index contributed by atoms with van der Waals surface area (Å²) >= 11 is 0. The fourth-order valence-corrected chi connectivity index (χ4v) is 2.37. The third-order valence-electron chi connectivity index (χ3n) is 1.91. The number of aliphatic hydroxyl groups is 1. The third kappa shape index (κ3) is 5.43. The molecule has 0 fully saturated rings. The highest BCUT2D eigenvalue weighted by Crippen LogP contribution is 1.96. The zero-order chi connectivity index (χ0) is 11.9. The molecular weight excluding hydrogens is 220 g/mol. The highest BCUT2D eigenvalue weighted by molar-refractivity contribution is 7.87. The van der Waals surface area contributed by atoms with Crippen molar-refractivity contribution in [2.24, 2.45) is 0 Å². The Hall–Kier alpha value is -0.210. The van der Waals surface area contributed by atoms with Gasteiger partial charge in [0.15, 0.2) is 0 Å². The molecule has 1 atom stereocenters. The molecule has 0 aromatic heterocycles. The van der Waals surface area contributed by atoms with Crippen LogP contribution >= 0.6 is 0 Å². The van der Waals surface area contributed by atoms with E-state index in [9.17, 15) is 13.5 Å². The van der Waals surface area contributed by atoms with Crippen molar-refractivity contribution in [3.05, 3.63) is 0 Å². The van der Waals surface area contributed by atoms with Crippen molar-refractivity contribution in [2.75, 3.05) is 33.4 Å². The summed E-state index contributed by atoms with van der Waals surface area (Å²) in [5.74, 6) is 0. The van der Waals surface area contributed by atoms with Crippen LogP contribution < -0.4 is 4.72 Å². The molecule has 0 saturated heterocycles. The van der Waals surface area contributed by atoms with Gasteiger partial charge in [0.2, 0.25) is 0 Å². The number of methoxy groups -OCH3 is 1. The first-order valence-electron chi connectivity index (χ1n) is 4.89. The zero-order valence-corrected chi connectivity index (χ0v) is 10.2. The molecule has 1 unspecified atom stereocenters. The van der Waals surface area contributed by atoms with Gasteiger partial charge in [0.25, 0.3) is 10.2 Å². The van der Waals surface area contributed by atoms with Gasteiger partial charge in [0.05, 0.1) is 12.7 Å². The molecule has 0 radical (unpaired) electrons. The van der Waals surface area contributed by atoms with E-state index in [1.807, 2.05) is 0 Å². The second-order valence-corrected chi connectivity index (χ2v) is 4.80. The Balaban J connectivity index is 4.14. The Morgan fingerprint density at radius 3 is 2.33 bits per heavy atom. The number of aliphatic hydroxyl groups excluding tert-OH is 1. The van der Waals surface area contributed by atoms with Crippen LogP contribution in [0.4, 0.5) is 0 Å². The molecule has 0 aliphatic rings. The maximum Gasteiger partial charge on any atom is 0.279 e. The van der Waals surface area contributed by atoms with E-state index in [2.05, 4.69) is 9.46 Å². The number of nitrogens with zero attached hydrogens (tertiary/aromatic N) is 1. The molecule has 0 heterocycles. The van der Waals surface area contributed by atoms with Crippen LogP contribution in [-0.2, 0) is 14.9 Å². The van der Waals surface area contributed by atoms with Gasteiger partial charge < -0.3 is 9.84 Å². The fourth-order valence-electron chi connectivity index (χ4n) is 1.11. The molecule has 2 N–H and O–H groups in total. The maximum absolute atomic E-state index is 11.6. The number of ether oxygens (including phenoxy) is 1. The maximum atomic E-state index is 11.6. The predicted molar refractivity (Wildman–Crippen MR) is 57.7 cm³/mol. The van der Waals surface area contributed by atoms with E-state index in [1.165, 1.54) is 11.4 Å². The lowest BCUT2D eigenvalue weighted by molar-refractivity contribution is 0.0676. The van der Waals surface area contributed by atoms with Crippen LogP contribution in [0, 0.1) is 0 Å². The lowest BCUT2D eigenvalue weighted by atomic mass is 10.4. The summed E-state index contributed by atoms with van der Waals surface area (Å²) in [6.07, 6.45) is -0.819. The summed E-state index contributed by atoms with van der Waals surface area (Å²) in [5.41, 5.74) is 0. The average molecular weight is 240 g/mol. The predicted octanol–water partition coefficient (Wildman–Crippen LogP) is -0.830. The monoisotopic (exact) mass is 240 g/mol. The Labute approximate surface area is 91.4 Å². The number of rotatable bonds is 8. The smallest absolute Gasteiger partial charge is 0.279 e. The van der Waals surface area contributed by atoms with Gasteiger partial charge in [0, 0.05) is 26.7 Å². The normalized spacial score (nSPS) is 14.5. The highest BCUT2D eigenvalue weighted by atomic mass is 32.2. The summed E-state index contributed by atoms with van der Waals surface area (Å²) in [7, 11) is -2.02. The van der Waals surface area contributed by atoms with E-state index >= 15 is 0 Å². The van der Waals surface area contributed by atoms with Gasteiger partial charge in [-0.2, -0.15) is 17.4 Å². The van der Waals surface area contributed by atoms with Crippen molar-refractivity contribution in [1.82, 2.24) is 9.03 Å². The highest BCUT2D eigenvalue weighted by Gasteiger charge is 2.18. The summed E-state index contributed by atoms with van der Waals surface area (Å²) in [6.45, 7) is 4.41. The van der Waals surface area contributed by atoms with Crippen molar-refractivity contribution in [1.29, 1.82) is 0 Å². The number of hydrogen-bond donors (Lipinski definition) is 2. The Bertz CT molecular complexity index is 251. The van der Waals surface area contributed by atoms with Crippen molar-refractivity contribution < 1.29 is 18.3 Å². The molecule has 15 heavy (non-hydrogen) atoms. The van der Waals surface area contributed by atoms with Crippen LogP contribution in [0.25, 0.3) is 0 Å². The molecule has 7 heteroatoms. The minimum Gasteiger partial charge on any atom is -0.389 e. The van der Waals surface area contributed by atoms with Crippen LogP contribution in [-0.4, -0.2) is 57.3 Å². The quantitative estimate of drug-likeness (QED) is 0.580. The molecule has 0 aromatic carbocycles. The van der Waals surface area contributed by atoms with Gasteiger partial charge in [-0.1, -0.05) is 13.8 Å². The second kappa shape index (κ2) is 7.13. The molecule has 0 amide bonds. The molecule has 0 aromatic rings. The van der Waals surface area contributed by atoms with Gasteiger partial charge >= 0.3 is 0 Å². The van der Waals surface area contributed by atoms with Gasteiger partial charge in [-0.25, -0.2) is 0 Å². The summed E-state index contributed by atoms with van der Waals surface area (Å²) < 4.78 is 31.4. The third-order valence-corrected chi connectivity index (χ3v) is 3.63. The molecule has 0 aliphatic carbocycles. The van der Waals surface area contributed by atoms with Crippen LogP contribution in [0.1, 0.15) is 13.8 Å². The van der Waals surface area contributed by atoms with Gasteiger partial charge in [-0.3, -0.25) is 0 Å². The van der Waals surface area contributed by atoms with E-state index in [0.717, 1.165) is 0 Å². The molecule has 0 rings (SSSR count). The Kier molecular flexibility index (Phi) is 7.03. The Morgan fingerprint density at radius 1 is 1.40 bits per heavy atom. The summed E-state index contributed by atoms with van der Waals surface area (Å²) in [4.78, 5) is 0. The lowest BCUT2D eigenvalue weighted by Crippen LogP contribution is -2.44. The largest absolute Gasteiger partial charge is 0.389 e. The molecule has 6 nitrogen and oxygen atoms in total. The molecule has 0 bridgehead atoms. The topological polar surface area (TPSA) is 78.9 Å². The van der Waals surface area contributed by atoms with E-state index in [1.54, 1.807) is 13.8 Å². The zero-order valence-electron chi connectivity index (χ0n) is 9.43. The van der Waals surface area contributed by atoms with Crippen molar-refractivity contribution >= 4 is 10.2 Å². The van der Waals surface area contributed by atoms with Crippen molar-refractivity contribution in [3.8, 4) is 0 Å². The molecule has 0 saturated carbocycles. The summed E-state index contributed by atoms with van der Waals surface area (Å²) in [5, 5.41) is 9.27. The van der Waals surface area contributed by atoms with Crippen molar-refractivity contribution in [3.63, 3.8) is 0 Å². The fraction of sp³-hybridized carbons (Fsp3) is 1.00. The first-order valence-corrected chi connectivity index (χ1v) is 6.33. The molecule has 92 valence electrons. The summed E-state index contributed by atoms with van der Waals surface area (Å²) in [6, 6.07) is 0.